The SMILES string of the molecule is CCOC(=O)/C(=C/[C@@H](c1ccccc1)c1cccc(OC)c1)NS(=O)(=O)N(C)C. The third-order valence-corrected chi connectivity index (χ3v) is 5.60. The molecule has 0 heterocycles. The minimum absolute atomic E-state index is 0.120. The summed E-state index contributed by atoms with van der Waals surface area (Å²) in [5.41, 5.74) is 1.56. The fourth-order valence-electron chi connectivity index (χ4n) is 2.63. The van der Waals surface area contributed by atoms with E-state index in [0.717, 1.165) is 15.4 Å². The second-order valence-electron chi connectivity index (χ2n) is 6.36. The van der Waals surface area contributed by atoms with Gasteiger partial charge in [0.2, 0.25) is 0 Å². The maximum Gasteiger partial charge on any atom is 0.355 e. The highest BCUT2D eigenvalue weighted by molar-refractivity contribution is 7.87. The molecule has 2 rings (SSSR count). The number of carbonyl (C=O) groups is 1. The molecule has 29 heavy (non-hydrogen) atoms. The van der Waals surface area contributed by atoms with Crippen LogP contribution in [0.5, 0.6) is 5.75 Å². The number of hydrogen-bond acceptors (Lipinski definition) is 5. The number of rotatable bonds is 9. The molecule has 156 valence electrons. The molecule has 0 saturated carbocycles. The summed E-state index contributed by atoms with van der Waals surface area (Å²) < 4.78 is 38.4. The molecule has 0 radical (unpaired) electrons. The van der Waals surface area contributed by atoms with Gasteiger partial charge in [-0.1, -0.05) is 42.5 Å². The maximum atomic E-state index is 12.5. The van der Waals surface area contributed by atoms with Crippen LogP contribution in [0, 0.1) is 0 Å². The Morgan fingerprint density at radius 3 is 2.34 bits per heavy atom. The van der Waals surface area contributed by atoms with Gasteiger partial charge in [0, 0.05) is 20.0 Å². The summed E-state index contributed by atoms with van der Waals surface area (Å²) in [5.74, 6) is -0.499. The molecule has 7 nitrogen and oxygen atoms in total. The summed E-state index contributed by atoms with van der Waals surface area (Å²) in [5, 5.41) is 0. The van der Waals surface area contributed by atoms with Gasteiger partial charge in [0.05, 0.1) is 13.7 Å². The van der Waals surface area contributed by atoms with Gasteiger partial charge in [-0.25, -0.2) is 4.79 Å². The average molecular weight is 419 g/mol. The number of nitrogens with zero attached hydrogens (tertiary/aromatic N) is 1. The van der Waals surface area contributed by atoms with E-state index in [9.17, 15) is 13.2 Å². The lowest BCUT2D eigenvalue weighted by Gasteiger charge is -2.19. The molecule has 0 aliphatic rings. The van der Waals surface area contributed by atoms with Crippen LogP contribution in [-0.2, 0) is 19.7 Å². The number of ether oxygens (including phenoxy) is 2. The largest absolute Gasteiger partial charge is 0.497 e. The van der Waals surface area contributed by atoms with Gasteiger partial charge in [-0.05, 0) is 36.3 Å². The van der Waals surface area contributed by atoms with Crippen molar-refractivity contribution >= 4 is 16.2 Å². The Morgan fingerprint density at radius 1 is 1.10 bits per heavy atom. The highest BCUT2D eigenvalue weighted by atomic mass is 32.2. The molecule has 0 aromatic heterocycles. The highest BCUT2D eigenvalue weighted by Gasteiger charge is 2.23. The van der Waals surface area contributed by atoms with Gasteiger partial charge < -0.3 is 9.47 Å². The van der Waals surface area contributed by atoms with E-state index >= 15 is 0 Å². The second-order valence-corrected chi connectivity index (χ2v) is 8.24. The molecule has 1 N–H and O–H groups in total. The Balaban J connectivity index is 2.60. The molecule has 0 spiro atoms. The van der Waals surface area contributed by atoms with Crippen LogP contribution in [0.3, 0.4) is 0 Å². The third kappa shape index (κ3) is 6.07. The Hall–Kier alpha value is -2.84. The second kappa shape index (κ2) is 10.1. The van der Waals surface area contributed by atoms with E-state index < -0.39 is 22.1 Å². The summed E-state index contributed by atoms with van der Waals surface area (Å²) in [6, 6.07) is 16.8. The first-order valence-corrected chi connectivity index (χ1v) is 10.5. The highest BCUT2D eigenvalue weighted by Crippen LogP contribution is 2.29. The molecule has 2 aromatic carbocycles. The van der Waals surface area contributed by atoms with Crippen molar-refractivity contribution in [2.45, 2.75) is 12.8 Å². The van der Waals surface area contributed by atoms with E-state index in [2.05, 4.69) is 4.72 Å². The molecule has 0 aliphatic carbocycles. The number of methoxy groups -OCH3 is 1. The first-order valence-electron chi connectivity index (χ1n) is 9.06. The third-order valence-electron chi connectivity index (χ3n) is 4.16. The Kier molecular flexibility index (Phi) is 7.81. The molecular formula is C21H26N2O5S. The van der Waals surface area contributed by atoms with Crippen LogP contribution in [0.2, 0.25) is 0 Å². The van der Waals surface area contributed by atoms with Gasteiger partial charge in [0.15, 0.2) is 0 Å². The fraction of sp³-hybridized carbons (Fsp3) is 0.286. The number of esters is 1. The van der Waals surface area contributed by atoms with Crippen LogP contribution in [-0.4, -0.2) is 46.5 Å². The van der Waals surface area contributed by atoms with Gasteiger partial charge in [-0.15, -0.1) is 0 Å². The summed E-state index contributed by atoms with van der Waals surface area (Å²) in [7, 11) is 0.431. The van der Waals surface area contributed by atoms with E-state index in [4.69, 9.17) is 9.47 Å². The maximum absolute atomic E-state index is 12.5. The van der Waals surface area contributed by atoms with Crippen molar-refractivity contribution in [3.8, 4) is 5.75 Å². The van der Waals surface area contributed by atoms with Crippen LogP contribution in [0.1, 0.15) is 24.0 Å². The molecule has 8 heteroatoms. The number of allylic oxidation sites excluding steroid dienone is 1. The first-order chi connectivity index (χ1) is 13.8. The molecule has 0 saturated heterocycles. The van der Waals surface area contributed by atoms with Crippen LogP contribution in [0.15, 0.2) is 66.4 Å². The summed E-state index contributed by atoms with van der Waals surface area (Å²) >= 11 is 0. The van der Waals surface area contributed by atoms with Crippen molar-refractivity contribution in [3.63, 3.8) is 0 Å². The molecule has 0 fully saturated rings. The first kappa shape index (κ1) is 22.4. The van der Waals surface area contributed by atoms with Crippen molar-refractivity contribution in [2.24, 2.45) is 0 Å². The molecule has 0 amide bonds. The fourth-order valence-corrected chi connectivity index (χ4v) is 3.24. The van der Waals surface area contributed by atoms with Crippen molar-refractivity contribution in [2.75, 3.05) is 27.8 Å². The molecule has 0 bridgehead atoms. The minimum atomic E-state index is -3.89. The minimum Gasteiger partial charge on any atom is -0.497 e. The number of nitrogens with one attached hydrogen (secondary N) is 1. The van der Waals surface area contributed by atoms with Crippen LogP contribution in [0.4, 0.5) is 0 Å². The van der Waals surface area contributed by atoms with E-state index in [-0.39, 0.29) is 12.3 Å². The standard InChI is InChI=1S/C21H26N2O5S/c1-5-28-21(24)20(22-29(25,26)23(2)3)15-19(16-10-7-6-8-11-16)17-12-9-13-18(14-17)27-4/h6-15,19,22H,5H2,1-4H3/b20-15-/t19-/m0/s1. The zero-order valence-electron chi connectivity index (χ0n) is 17.0. The molecule has 1 atom stereocenters. The number of carbonyl (C=O) groups excluding carboxylic acids is 1. The summed E-state index contributed by atoms with van der Waals surface area (Å²) in [6.07, 6.45) is 1.56. The Bertz CT molecular complexity index is 956. The van der Waals surface area contributed by atoms with Crippen molar-refractivity contribution in [1.82, 2.24) is 9.03 Å². The van der Waals surface area contributed by atoms with Crippen LogP contribution < -0.4 is 9.46 Å². The van der Waals surface area contributed by atoms with E-state index in [1.54, 1.807) is 20.1 Å². The predicted octanol–water partition coefficient (Wildman–Crippen LogP) is 2.67. The Morgan fingerprint density at radius 2 is 1.76 bits per heavy atom. The van der Waals surface area contributed by atoms with Gasteiger partial charge in [0.1, 0.15) is 11.4 Å². The monoisotopic (exact) mass is 418 g/mol. The van der Waals surface area contributed by atoms with Gasteiger partial charge in [-0.2, -0.15) is 12.7 Å². The molecular weight excluding hydrogens is 392 g/mol. The van der Waals surface area contributed by atoms with E-state index in [1.165, 1.54) is 14.1 Å². The van der Waals surface area contributed by atoms with E-state index in [0.29, 0.717) is 5.75 Å². The lowest BCUT2D eigenvalue weighted by atomic mass is 9.90. The van der Waals surface area contributed by atoms with Gasteiger partial charge in [-0.3, -0.25) is 4.72 Å². The average Bonchev–Trinajstić information content (AvgIpc) is 2.71. The zero-order valence-corrected chi connectivity index (χ0v) is 17.8. The summed E-state index contributed by atoms with van der Waals surface area (Å²) in [6.45, 7) is 1.78. The van der Waals surface area contributed by atoms with Crippen molar-refractivity contribution < 1.29 is 22.7 Å². The lowest BCUT2D eigenvalue weighted by Crippen LogP contribution is -2.37. The topological polar surface area (TPSA) is 84.9 Å². The van der Waals surface area contributed by atoms with Crippen LogP contribution >= 0.6 is 0 Å². The van der Waals surface area contributed by atoms with E-state index in [1.807, 2.05) is 54.6 Å². The predicted molar refractivity (Wildman–Crippen MR) is 112 cm³/mol. The quantitative estimate of drug-likeness (QED) is 0.500. The molecule has 0 unspecified atom stereocenters. The summed E-state index contributed by atoms with van der Waals surface area (Å²) in [4.78, 5) is 12.5. The van der Waals surface area contributed by atoms with Crippen molar-refractivity contribution in [3.05, 3.63) is 77.5 Å². The Labute approximate surface area is 172 Å². The lowest BCUT2D eigenvalue weighted by molar-refractivity contribution is -0.138. The number of benzene rings is 2. The van der Waals surface area contributed by atoms with Crippen molar-refractivity contribution in [1.29, 1.82) is 0 Å². The number of hydrogen-bond donors (Lipinski definition) is 1. The van der Waals surface area contributed by atoms with Gasteiger partial charge >= 0.3 is 16.2 Å². The molecule has 2 aromatic rings. The normalized spacial score (nSPS) is 13.1. The molecule has 0 aliphatic heterocycles. The van der Waals surface area contributed by atoms with Crippen LogP contribution in [0.25, 0.3) is 0 Å². The smallest absolute Gasteiger partial charge is 0.355 e. The zero-order chi connectivity index (χ0) is 21.4. The van der Waals surface area contributed by atoms with Gasteiger partial charge in [0.25, 0.3) is 0 Å².